The lowest BCUT2D eigenvalue weighted by molar-refractivity contribution is 0.0110. The first-order valence-corrected chi connectivity index (χ1v) is 5.46. The molecule has 0 aliphatic rings. The molecule has 1 heterocycles. The highest BCUT2D eigenvalue weighted by molar-refractivity contribution is 5.21. The van der Waals surface area contributed by atoms with E-state index < -0.39 is 5.60 Å². The van der Waals surface area contributed by atoms with Gasteiger partial charge in [0.1, 0.15) is 11.4 Å². The summed E-state index contributed by atoms with van der Waals surface area (Å²) in [6.07, 6.45) is 0. The third-order valence-electron chi connectivity index (χ3n) is 2.80. The molecule has 0 radical (unpaired) electrons. The third kappa shape index (κ3) is 2.32. The van der Waals surface area contributed by atoms with Gasteiger partial charge in [-0.25, -0.2) is 4.98 Å². The number of aryl methyl sites for hydroxylation is 1. The fourth-order valence-electron chi connectivity index (χ4n) is 1.66. The Morgan fingerprint density at radius 3 is 2.31 bits per heavy atom. The van der Waals surface area contributed by atoms with E-state index in [2.05, 4.69) is 9.97 Å². The Morgan fingerprint density at radius 2 is 1.94 bits per heavy atom. The minimum atomic E-state index is -0.570. The van der Waals surface area contributed by atoms with Gasteiger partial charge in [0.25, 0.3) is 5.56 Å². The fraction of sp³-hybridized carbons (Fsp3) is 0.667. The van der Waals surface area contributed by atoms with Gasteiger partial charge in [-0.1, -0.05) is 13.8 Å². The van der Waals surface area contributed by atoms with Crippen molar-refractivity contribution >= 4 is 0 Å². The summed E-state index contributed by atoms with van der Waals surface area (Å²) in [5.41, 5.74) is 0.886. The molecule has 0 bridgehead atoms. The van der Waals surface area contributed by atoms with Crippen molar-refractivity contribution in [3.05, 3.63) is 27.4 Å². The normalized spacial score (nSPS) is 12.2. The summed E-state index contributed by atoms with van der Waals surface area (Å²) in [5.74, 6) is 0.748. The van der Waals surface area contributed by atoms with Crippen LogP contribution in [0.2, 0.25) is 0 Å². The van der Waals surface area contributed by atoms with E-state index in [0.29, 0.717) is 5.82 Å². The first-order chi connectivity index (χ1) is 7.29. The van der Waals surface area contributed by atoms with Crippen molar-refractivity contribution in [1.29, 1.82) is 0 Å². The van der Waals surface area contributed by atoms with Crippen LogP contribution in [0.4, 0.5) is 0 Å². The van der Waals surface area contributed by atoms with Crippen molar-refractivity contribution in [3.63, 3.8) is 0 Å². The van der Waals surface area contributed by atoms with E-state index in [0.717, 1.165) is 11.3 Å². The molecule has 4 heteroatoms. The maximum absolute atomic E-state index is 11.9. The van der Waals surface area contributed by atoms with Gasteiger partial charge in [0.15, 0.2) is 0 Å². The van der Waals surface area contributed by atoms with Crippen molar-refractivity contribution in [2.24, 2.45) is 0 Å². The average Bonchev–Trinajstić information content (AvgIpc) is 2.15. The topological polar surface area (TPSA) is 55.0 Å². The SMILES string of the molecule is COC(C)(C)c1nc(C)c(C(C)C)c(=O)[nH]1. The molecular weight excluding hydrogens is 204 g/mol. The number of nitrogens with zero attached hydrogens (tertiary/aromatic N) is 1. The lowest BCUT2D eigenvalue weighted by atomic mass is 10.0. The number of ether oxygens (including phenoxy) is 1. The minimum absolute atomic E-state index is 0.0670. The van der Waals surface area contributed by atoms with Crippen LogP contribution >= 0.6 is 0 Å². The van der Waals surface area contributed by atoms with Gasteiger partial charge in [0.2, 0.25) is 0 Å². The molecule has 90 valence electrons. The second kappa shape index (κ2) is 4.37. The number of hydrogen-bond donors (Lipinski definition) is 1. The van der Waals surface area contributed by atoms with Gasteiger partial charge in [0.05, 0.1) is 0 Å². The van der Waals surface area contributed by atoms with Gasteiger partial charge in [0, 0.05) is 18.4 Å². The molecule has 16 heavy (non-hydrogen) atoms. The summed E-state index contributed by atoms with van der Waals surface area (Å²) in [6.45, 7) is 9.58. The van der Waals surface area contributed by atoms with Crippen molar-refractivity contribution in [1.82, 2.24) is 9.97 Å². The Balaban J connectivity index is 3.36. The van der Waals surface area contributed by atoms with E-state index in [-0.39, 0.29) is 11.5 Å². The Bertz CT molecular complexity index is 433. The lowest BCUT2D eigenvalue weighted by Crippen LogP contribution is -2.29. The predicted molar refractivity (Wildman–Crippen MR) is 63.7 cm³/mol. The van der Waals surface area contributed by atoms with Crippen LogP contribution in [-0.2, 0) is 10.3 Å². The van der Waals surface area contributed by atoms with E-state index in [4.69, 9.17) is 4.74 Å². The Hall–Kier alpha value is -1.16. The first kappa shape index (κ1) is 12.9. The third-order valence-corrected chi connectivity index (χ3v) is 2.80. The molecule has 0 amide bonds. The number of aromatic nitrogens is 2. The largest absolute Gasteiger partial charge is 0.371 e. The molecule has 0 saturated carbocycles. The molecule has 1 aromatic heterocycles. The molecule has 0 fully saturated rings. The maximum Gasteiger partial charge on any atom is 0.254 e. The Kier molecular flexibility index (Phi) is 3.53. The van der Waals surface area contributed by atoms with Gasteiger partial charge in [-0.2, -0.15) is 0 Å². The lowest BCUT2D eigenvalue weighted by Gasteiger charge is -2.22. The van der Waals surface area contributed by atoms with Crippen LogP contribution in [0.3, 0.4) is 0 Å². The van der Waals surface area contributed by atoms with Crippen molar-refractivity contribution in [3.8, 4) is 0 Å². The molecule has 1 rings (SSSR count). The van der Waals surface area contributed by atoms with Gasteiger partial charge in [-0.3, -0.25) is 4.79 Å². The smallest absolute Gasteiger partial charge is 0.254 e. The Labute approximate surface area is 96.1 Å². The molecule has 0 unspecified atom stereocenters. The average molecular weight is 224 g/mol. The number of nitrogens with one attached hydrogen (secondary N) is 1. The zero-order valence-corrected chi connectivity index (χ0v) is 10.8. The minimum Gasteiger partial charge on any atom is -0.371 e. The van der Waals surface area contributed by atoms with Crippen LogP contribution in [-0.4, -0.2) is 17.1 Å². The first-order valence-electron chi connectivity index (χ1n) is 5.46. The fourth-order valence-corrected chi connectivity index (χ4v) is 1.66. The molecule has 0 aliphatic carbocycles. The molecule has 0 spiro atoms. The summed E-state index contributed by atoms with van der Waals surface area (Å²) in [6, 6.07) is 0. The van der Waals surface area contributed by atoms with E-state index in [1.54, 1.807) is 7.11 Å². The quantitative estimate of drug-likeness (QED) is 0.855. The van der Waals surface area contributed by atoms with Crippen molar-refractivity contribution in [2.75, 3.05) is 7.11 Å². The number of H-pyrrole nitrogens is 1. The molecule has 0 aromatic carbocycles. The number of methoxy groups -OCH3 is 1. The molecule has 0 atom stereocenters. The molecule has 1 N–H and O–H groups in total. The number of hydrogen-bond acceptors (Lipinski definition) is 3. The highest BCUT2D eigenvalue weighted by Gasteiger charge is 2.24. The Morgan fingerprint density at radius 1 is 1.38 bits per heavy atom. The summed E-state index contributed by atoms with van der Waals surface area (Å²) < 4.78 is 5.30. The van der Waals surface area contributed by atoms with Gasteiger partial charge < -0.3 is 9.72 Å². The second-order valence-corrected chi connectivity index (χ2v) is 4.78. The second-order valence-electron chi connectivity index (χ2n) is 4.78. The van der Waals surface area contributed by atoms with Crippen LogP contribution in [0.25, 0.3) is 0 Å². The number of rotatable bonds is 3. The van der Waals surface area contributed by atoms with Crippen LogP contribution in [0, 0.1) is 6.92 Å². The molecule has 1 aromatic rings. The highest BCUT2D eigenvalue weighted by Crippen LogP contribution is 2.21. The van der Waals surface area contributed by atoms with Crippen LogP contribution in [0.5, 0.6) is 0 Å². The van der Waals surface area contributed by atoms with Crippen LogP contribution in [0.1, 0.15) is 50.7 Å². The van der Waals surface area contributed by atoms with Gasteiger partial charge in [-0.05, 0) is 26.7 Å². The zero-order valence-electron chi connectivity index (χ0n) is 10.8. The maximum atomic E-state index is 11.9. The zero-order chi connectivity index (χ0) is 12.5. The van der Waals surface area contributed by atoms with E-state index in [9.17, 15) is 4.79 Å². The van der Waals surface area contributed by atoms with Crippen LogP contribution < -0.4 is 5.56 Å². The molecule has 4 nitrogen and oxygen atoms in total. The standard InChI is InChI=1S/C12H20N2O2/c1-7(2)9-8(3)13-11(14-10(9)15)12(4,5)16-6/h7H,1-6H3,(H,13,14,15). The highest BCUT2D eigenvalue weighted by atomic mass is 16.5. The van der Waals surface area contributed by atoms with Crippen molar-refractivity contribution in [2.45, 2.75) is 46.1 Å². The summed E-state index contributed by atoms with van der Waals surface area (Å²) in [7, 11) is 1.60. The summed E-state index contributed by atoms with van der Waals surface area (Å²) in [4.78, 5) is 19.1. The van der Waals surface area contributed by atoms with E-state index >= 15 is 0 Å². The number of aromatic amines is 1. The van der Waals surface area contributed by atoms with Gasteiger partial charge in [-0.15, -0.1) is 0 Å². The summed E-state index contributed by atoms with van der Waals surface area (Å²) in [5, 5.41) is 0. The molecule has 0 aliphatic heterocycles. The predicted octanol–water partition coefficient (Wildman–Crippen LogP) is 2.08. The summed E-state index contributed by atoms with van der Waals surface area (Å²) >= 11 is 0. The van der Waals surface area contributed by atoms with Crippen LogP contribution in [0.15, 0.2) is 4.79 Å². The monoisotopic (exact) mass is 224 g/mol. The van der Waals surface area contributed by atoms with E-state index in [1.807, 2.05) is 34.6 Å². The van der Waals surface area contributed by atoms with E-state index in [1.165, 1.54) is 0 Å². The van der Waals surface area contributed by atoms with Crippen molar-refractivity contribution < 1.29 is 4.74 Å². The van der Waals surface area contributed by atoms with Gasteiger partial charge >= 0.3 is 0 Å². The molecular formula is C12H20N2O2. The molecule has 0 saturated heterocycles.